The molecule has 0 saturated heterocycles. The maximum absolute atomic E-state index is 8.95. The molecule has 1 aromatic rings. The fourth-order valence-electron chi connectivity index (χ4n) is 1.31. The molecule has 4 nitrogen and oxygen atoms in total. The number of nitrogens with zero attached hydrogens (tertiary/aromatic N) is 3. The highest BCUT2D eigenvalue weighted by Gasteiger charge is 2.15. The molecule has 15 heavy (non-hydrogen) atoms. The Kier molecular flexibility index (Phi) is 4.57. The van der Waals surface area contributed by atoms with Crippen molar-refractivity contribution in [1.82, 2.24) is 10.2 Å². The van der Waals surface area contributed by atoms with E-state index in [1.165, 1.54) is 0 Å². The minimum absolute atomic E-state index is 0.0501. The van der Waals surface area contributed by atoms with Crippen molar-refractivity contribution in [2.75, 3.05) is 18.1 Å². The molecular weight excluding hydrogens is 237 g/mol. The molecule has 0 spiro atoms. The Bertz CT molecular complexity index is 333. The minimum Gasteiger partial charge on any atom is -0.395 e. The molecule has 0 saturated carbocycles. The monoisotopic (exact) mass is 249 g/mol. The number of hydrogen-bond donors (Lipinski definition) is 1. The maximum Gasteiger partial charge on any atom is 0.175 e. The van der Waals surface area contributed by atoms with Gasteiger partial charge in [-0.05, 0) is 13.8 Å². The van der Waals surface area contributed by atoms with Crippen LogP contribution in [0.5, 0.6) is 0 Å². The average molecular weight is 250 g/mol. The van der Waals surface area contributed by atoms with E-state index in [0.29, 0.717) is 17.4 Å². The van der Waals surface area contributed by atoms with Gasteiger partial charge in [0.25, 0.3) is 0 Å². The van der Waals surface area contributed by atoms with Gasteiger partial charge in [0, 0.05) is 18.7 Å². The molecule has 1 rings (SSSR count). The van der Waals surface area contributed by atoms with E-state index in [0.717, 1.165) is 0 Å². The zero-order valence-corrected chi connectivity index (χ0v) is 10.1. The summed E-state index contributed by atoms with van der Waals surface area (Å²) in [5.41, 5.74) is 0.695. The normalized spacial score (nSPS) is 10.8. The second kappa shape index (κ2) is 5.49. The number of halogens is 2. The number of aliphatic hydroxyl groups excluding tert-OH is 1. The fraction of sp³-hybridized carbons (Fsp3) is 0.556. The summed E-state index contributed by atoms with van der Waals surface area (Å²) in [6.45, 7) is 4.54. The Balaban J connectivity index is 3.04. The van der Waals surface area contributed by atoms with Crippen molar-refractivity contribution in [2.45, 2.75) is 19.9 Å². The molecule has 0 amide bonds. The predicted molar refractivity (Wildman–Crippen MR) is 61.6 cm³/mol. The van der Waals surface area contributed by atoms with Gasteiger partial charge < -0.3 is 10.0 Å². The van der Waals surface area contributed by atoms with Gasteiger partial charge in [0.1, 0.15) is 0 Å². The Morgan fingerprint density at radius 3 is 2.60 bits per heavy atom. The van der Waals surface area contributed by atoms with Gasteiger partial charge in [-0.1, -0.05) is 23.2 Å². The van der Waals surface area contributed by atoms with Crippen molar-refractivity contribution < 1.29 is 5.11 Å². The van der Waals surface area contributed by atoms with Crippen LogP contribution >= 0.6 is 23.2 Å². The first-order chi connectivity index (χ1) is 7.06. The second-order valence-electron chi connectivity index (χ2n) is 3.35. The smallest absolute Gasteiger partial charge is 0.175 e. The van der Waals surface area contributed by atoms with Crippen LogP contribution in [0.3, 0.4) is 0 Å². The summed E-state index contributed by atoms with van der Waals surface area (Å²) in [6, 6.07) is 1.85. The van der Waals surface area contributed by atoms with Crippen LogP contribution in [0.25, 0.3) is 0 Å². The largest absolute Gasteiger partial charge is 0.395 e. The van der Waals surface area contributed by atoms with Crippen LogP contribution in [0, 0.1) is 0 Å². The first-order valence-corrected chi connectivity index (χ1v) is 5.38. The molecule has 0 radical (unpaired) electrons. The number of aromatic nitrogens is 2. The molecule has 0 fully saturated rings. The SMILES string of the molecule is CC(C)N(CCO)c1cc(Cl)nnc1Cl. The molecule has 0 aliphatic rings. The van der Waals surface area contributed by atoms with Crippen LogP contribution in [-0.2, 0) is 0 Å². The predicted octanol–water partition coefficient (Wildman–Crippen LogP) is 1.99. The van der Waals surface area contributed by atoms with Crippen molar-refractivity contribution >= 4 is 28.9 Å². The molecule has 1 N–H and O–H groups in total. The molecule has 0 aromatic carbocycles. The standard InChI is InChI=1S/C9H13Cl2N3O/c1-6(2)14(3-4-15)7-5-8(10)12-13-9(7)11/h5-6,15H,3-4H2,1-2H3. The van der Waals surface area contributed by atoms with Gasteiger partial charge in [0.15, 0.2) is 10.3 Å². The number of rotatable bonds is 4. The highest BCUT2D eigenvalue weighted by Crippen LogP contribution is 2.26. The third-order valence-electron chi connectivity index (χ3n) is 1.97. The van der Waals surface area contributed by atoms with E-state index >= 15 is 0 Å². The highest BCUT2D eigenvalue weighted by molar-refractivity contribution is 6.33. The lowest BCUT2D eigenvalue weighted by molar-refractivity contribution is 0.299. The van der Waals surface area contributed by atoms with Crippen LogP contribution < -0.4 is 4.90 Å². The van der Waals surface area contributed by atoms with Gasteiger partial charge in [-0.15, -0.1) is 10.2 Å². The number of aliphatic hydroxyl groups is 1. The summed E-state index contributed by atoms with van der Waals surface area (Å²) < 4.78 is 0. The van der Waals surface area contributed by atoms with Gasteiger partial charge in [0.05, 0.1) is 12.3 Å². The summed E-state index contributed by atoms with van der Waals surface area (Å²) in [5, 5.41) is 16.9. The van der Waals surface area contributed by atoms with Crippen molar-refractivity contribution in [2.24, 2.45) is 0 Å². The van der Waals surface area contributed by atoms with Crippen LogP contribution in [0.4, 0.5) is 5.69 Å². The van der Waals surface area contributed by atoms with Gasteiger partial charge in [-0.2, -0.15) is 0 Å². The van der Waals surface area contributed by atoms with Crippen LogP contribution in [0.2, 0.25) is 10.3 Å². The lowest BCUT2D eigenvalue weighted by atomic mass is 10.3. The molecule has 1 heterocycles. The second-order valence-corrected chi connectivity index (χ2v) is 4.10. The summed E-state index contributed by atoms with van der Waals surface area (Å²) >= 11 is 11.7. The summed E-state index contributed by atoms with van der Waals surface area (Å²) in [4.78, 5) is 1.92. The maximum atomic E-state index is 8.95. The Hall–Kier alpha value is -0.580. The zero-order valence-electron chi connectivity index (χ0n) is 8.61. The van der Waals surface area contributed by atoms with E-state index in [4.69, 9.17) is 28.3 Å². The average Bonchev–Trinajstić information content (AvgIpc) is 2.18. The molecular formula is C9H13Cl2N3O. The van der Waals surface area contributed by atoms with E-state index in [1.807, 2.05) is 18.7 Å². The summed E-state index contributed by atoms with van der Waals surface area (Å²) in [5.74, 6) is 0. The van der Waals surface area contributed by atoms with Crippen molar-refractivity contribution in [1.29, 1.82) is 0 Å². The van der Waals surface area contributed by atoms with E-state index in [-0.39, 0.29) is 17.8 Å². The van der Waals surface area contributed by atoms with Gasteiger partial charge >= 0.3 is 0 Å². The molecule has 0 aliphatic heterocycles. The first kappa shape index (κ1) is 12.5. The number of anilines is 1. The van der Waals surface area contributed by atoms with E-state index in [9.17, 15) is 0 Å². The molecule has 0 aliphatic carbocycles. The molecule has 6 heteroatoms. The zero-order chi connectivity index (χ0) is 11.4. The van der Waals surface area contributed by atoms with Crippen LogP contribution in [0.1, 0.15) is 13.8 Å². The van der Waals surface area contributed by atoms with Crippen LogP contribution in [0.15, 0.2) is 6.07 Å². The van der Waals surface area contributed by atoms with Crippen molar-refractivity contribution in [3.8, 4) is 0 Å². The lowest BCUT2D eigenvalue weighted by Gasteiger charge is -2.28. The van der Waals surface area contributed by atoms with E-state index < -0.39 is 0 Å². The van der Waals surface area contributed by atoms with E-state index in [2.05, 4.69) is 10.2 Å². The third kappa shape index (κ3) is 3.19. The fourth-order valence-corrected chi connectivity index (χ4v) is 1.65. The van der Waals surface area contributed by atoms with Gasteiger partial charge in [-0.3, -0.25) is 0 Å². The number of hydrogen-bond acceptors (Lipinski definition) is 4. The Morgan fingerprint density at radius 1 is 1.40 bits per heavy atom. The molecule has 0 atom stereocenters. The summed E-state index contributed by atoms with van der Waals surface area (Å²) in [7, 11) is 0. The molecule has 84 valence electrons. The lowest BCUT2D eigenvalue weighted by Crippen LogP contribution is -2.33. The molecule has 0 unspecified atom stereocenters. The van der Waals surface area contributed by atoms with Crippen molar-refractivity contribution in [3.05, 3.63) is 16.4 Å². The van der Waals surface area contributed by atoms with Gasteiger partial charge in [-0.25, -0.2) is 0 Å². The minimum atomic E-state index is 0.0501. The summed E-state index contributed by atoms with van der Waals surface area (Å²) in [6.07, 6.45) is 0. The van der Waals surface area contributed by atoms with E-state index in [1.54, 1.807) is 6.07 Å². The van der Waals surface area contributed by atoms with Crippen molar-refractivity contribution in [3.63, 3.8) is 0 Å². The Labute approximate surface area is 98.8 Å². The van der Waals surface area contributed by atoms with Crippen LogP contribution in [-0.4, -0.2) is 34.5 Å². The first-order valence-electron chi connectivity index (χ1n) is 4.62. The molecule has 1 aromatic heterocycles. The molecule has 0 bridgehead atoms. The highest BCUT2D eigenvalue weighted by atomic mass is 35.5. The van der Waals surface area contributed by atoms with Gasteiger partial charge in [0.2, 0.25) is 0 Å². The quantitative estimate of drug-likeness (QED) is 0.887. The Morgan fingerprint density at radius 2 is 2.07 bits per heavy atom. The third-order valence-corrected chi connectivity index (χ3v) is 2.43. The topological polar surface area (TPSA) is 49.2 Å².